The summed E-state index contributed by atoms with van der Waals surface area (Å²) in [7, 11) is 12.0. The summed E-state index contributed by atoms with van der Waals surface area (Å²) in [6.45, 7) is 5.62. The molecule has 0 fully saturated rings. The van der Waals surface area contributed by atoms with Crippen LogP contribution in [0.5, 0.6) is 0 Å². The number of hydrogen-bond donors (Lipinski definition) is 3. The van der Waals surface area contributed by atoms with E-state index in [1.165, 1.54) is 0 Å². The van der Waals surface area contributed by atoms with Gasteiger partial charge in [-0.1, -0.05) is 0 Å². The molecule has 0 aromatic carbocycles. The highest BCUT2D eigenvalue weighted by molar-refractivity contribution is 5.45. The quantitative estimate of drug-likeness (QED) is 0.364. The van der Waals surface area contributed by atoms with Crippen molar-refractivity contribution in [2.75, 3.05) is 96.3 Å². The second-order valence-electron chi connectivity index (χ2n) is 6.87. The molecule has 9 heteroatoms. The van der Waals surface area contributed by atoms with Gasteiger partial charge < -0.3 is 30.7 Å². The number of hydrogen-bond acceptors (Lipinski definition) is 9. The van der Waals surface area contributed by atoms with Crippen LogP contribution in [0.25, 0.3) is 0 Å². The number of aromatic nitrogens is 3. The molecule has 9 nitrogen and oxygen atoms in total. The van der Waals surface area contributed by atoms with Crippen molar-refractivity contribution in [3.63, 3.8) is 0 Å². The summed E-state index contributed by atoms with van der Waals surface area (Å²) in [5, 5.41) is 9.55. The molecule has 0 aliphatic heterocycles. The van der Waals surface area contributed by atoms with E-state index in [4.69, 9.17) is 15.0 Å². The van der Waals surface area contributed by atoms with Gasteiger partial charge in [0.2, 0.25) is 17.8 Å². The molecule has 0 amide bonds. The lowest BCUT2D eigenvalue weighted by Crippen LogP contribution is -2.30. The summed E-state index contributed by atoms with van der Waals surface area (Å²) < 4.78 is 0. The molecule has 0 radical (unpaired) electrons. The summed E-state index contributed by atoms with van der Waals surface area (Å²) >= 11 is 0. The van der Waals surface area contributed by atoms with E-state index in [1.807, 2.05) is 42.3 Å². The average molecular weight is 382 g/mol. The third-order valence-electron chi connectivity index (χ3n) is 4.39. The summed E-state index contributed by atoms with van der Waals surface area (Å²) in [5.74, 6) is 2.19. The Balaban J connectivity index is 2.95. The monoisotopic (exact) mass is 381 g/mol. The van der Waals surface area contributed by atoms with Crippen LogP contribution in [0.15, 0.2) is 0 Å². The second kappa shape index (κ2) is 13.5. The molecule has 3 N–H and O–H groups in total. The molecule has 0 saturated carbocycles. The molecule has 0 aliphatic rings. The minimum atomic E-state index is 0.729. The Bertz CT molecular complexity index is 428. The van der Waals surface area contributed by atoms with Gasteiger partial charge in [-0.25, -0.2) is 0 Å². The molecule has 156 valence electrons. The van der Waals surface area contributed by atoms with E-state index in [0.717, 1.165) is 76.4 Å². The number of nitrogens with zero attached hydrogens (tertiary/aromatic N) is 6. The summed E-state index contributed by atoms with van der Waals surface area (Å²) in [6.07, 6.45) is 3.12. The van der Waals surface area contributed by atoms with Crippen molar-refractivity contribution in [1.29, 1.82) is 0 Å². The zero-order chi connectivity index (χ0) is 20.1. The predicted octanol–water partition coefficient (Wildman–Crippen LogP) is 0.00870. The van der Waals surface area contributed by atoms with Crippen LogP contribution in [0.4, 0.5) is 17.8 Å². The maximum Gasteiger partial charge on any atom is 0.231 e. The van der Waals surface area contributed by atoms with Crippen LogP contribution in [0, 0.1) is 0 Å². The van der Waals surface area contributed by atoms with Gasteiger partial charge in [0.25, 0.3) is 0 Å². The summed E-state index contributed by atoms with van der Waals surface area (Å²) in [4.78, 5) is 20.5. The molecule has 1 rings (SSSR count). The molecule has 0 atom stereocenters. The first-order valence-corrected chi connectivity index (χ1v) is 9.86. The van der Waals surface area contributed by atoms with Gasteiger partial charge in [0.1, 0.15) is 0 Å². The van der Waals surface area contributed by atoms with Crippen LogP contribution in [-0.4, -0.2) is 96.5 Å². The van der Waals surface area contributed by atoms with Gasteiger partial charge in [-0.05, 0) is 60.0 Å². The highest BCUT2D eigenvalue weighted by Gasteiger charge is 2.15. The van der Waals surface area contributed by atoms with Crippen LogP contribution < -0.4 is 30.7 Å². The number of anilines is 3. The molecule has 1 heterocycles. The average Bonchev–Trinajstić information content (AvgIpc) is 2.67. The van der Waals surface area contributed by atoms with Gasteiger partial charge in [-0.3, -0.25) is 0 Å². The lowest BCUT2D eigenvalue weighted by atomic mass is 10.4. The first-order chi connectivity index (χ1) is 13.0. The van der Waals surface area contributed by atoms with Crippen molar-refractivity contribution in [3.8, 4) is 0 Å². The third kappa shape index (κ3) is 8.68. The molecule has 27 heavy (non-hydrogen) atoms. The third-order valence-corrected chi connectivity index (χ3v) is 4.39. The zero-order valence-corrected chi connectivity index (χ0v) is 18.0. The fraction of sp³-hybridized carbons (Fsp3) is 0.833. The topological polar surface area (TPSA) is 84.5 Å². The van der Waals surface area contributed by atoms with Gasteiger partial charge in [0.15, 0.2) is 0 Å². The van der Waals surface area contributed by atoms with Crippen molar-refractivity contribution in [2.45, 2.75) is 19.3 Å². The molecular weight excluding hydrogens is 342 g/mol. The molecule has 1 aromatic heterocycles. The van der Waals surface area contributed by atoms with Crippen LogP contribution in [0.1, 0.15) is 19.3 Å². The van der Waals surface area contributed by atoms with Crippen molar-refractivity contribution in [2.24, 2.45) is 0 Å². The Labute approximate surface area is 164 Å². The highest BCUT2D eigenvalue weighted by Crippen LogP contribution is 2.17. The van der Waals surface area contributed by atoms with Crippen molar-refractivity contribution >= 4 is 17.8 Å². The minimum absolute atomic E-state index is 0.729. The smallest absolute Gasteiger partial charge is 0.231 e. The Morgan fingerprint density at radius 2 is 0.815 bits per heavy atom. The number of nitrogens with one attached hydrogen (secondary N) is 3. The van der Waals surface area contributed by atoms with Gasteiger partial charge in [0.05, 0.1) is 0 Å². The maximum atomic E-state index is 4.72. The molecular formula is C18H39N9. The minimum Gasteiger partial charge on any atom is -0.344 e. The molecule has 0 unspecified atom stereocenters. The van der Waals surface area contributed by atoms with E-state index in [9.17, 15) is 0 Å². The largest absolute Gasteiger partial charge is 0.344 e. The van der Waals surface area contributed by atoms with E-state index in [0.29, 0.717) is 0 Å². The van der Waals surface area contributed by atoms with Gasteiger partial charge in [0, 0.05) is 40.8 Å². The Kier molecular flexibility index (Phi) is 11.6. The van der Waals surface area contributed by atoms with E-state index < -0.39 is 0 Å². The second-order valence-corrected chi connectivity index (χ2v) is 6.87. The van der Waals surface area contributed by atoms with Crippen molar-refractivity contribution < 1.29 is 0 Å². The maximum absolute atomic E-state index is 4.72. The van der Waals surface area contributed by atoms with Crippen molar-refractivity contribution in [3.05, 3.63) is 0 Å². The van der Waals surface area contributed by atoms with Gasteiger partial charge in [-0.15, -0.1) is 0 Å². The van der Waals surface area contributed by atoms with E-state index in [2.05, 4.69) is 30.7 Å². The molecule has 0 spiro atoms. The highest BCUT2D eigenvalue weighted by atomic mass is 15.4. The van der Waals surface area contributed by atoms with E-state index in [-0.39, 0.29) is 0 Å². The standard InChI is InChI=1S/C18H39N9/c1-19-10-7-13-25(4)16-22-17(26(5)14-8-11-20-2)24-18(23-16)27(6)15-9-12-21-3/h19-21H,7-15H2,1-6H3. The predicted molar refractivity (Wildman–Crippen MR) is 115 cm³/mol. The fourth-order valence-corrected chi connectivity index (χ4v) is 2.63. The summed E-state index contributed by atoms with van der Waals surface area (Å²) in [6, 6.07) is 0. The van der Waals surface area contributed by atoms with Crippen LogP contribution >= 0.6 is 0 Å². The lowest BCUT2D eigenvalue weighted by Gasteiger charge is -2.24. The summed E-state index contributed by atoms with van der Waals surface area (Å²) in [5.41, 5.74) is 0. The SMILES string of the molecule is CNCCCN(C)c1nc(N(C)CCCNC)nc(N(C)CCCNC)n1. The molecule has 1 aromatic rings. The van der Waals surface area contributed by atoms with Gasteiger partial charge in [-0.2, -0.15) is 15.0 Å². The van der Waals surface area contributed by atoms with E-state index in [1.54, 1.807) is 0 Å². The normalized spacial score (nSPS) is 10.9. The Hall–Kier alpha value is -1.71. The number of rotatable bonds is 15. The molecule has 0 saturated heterocycles. The van der Waals surface area contributed by atoms with Crippen molar-refractivity contribution in [1.82, 2.24) is 30.9 Å². The molecule has 0 bridgehead atoms. The Morgan fingerprint density at radius 1 is 0.556 bits per heavy atom. The Morgan fingerprint density at radius 3 is 1.04 bits per heavy atom. The first kappa shape index (κ1) is 23.3. The fourth-order valence-electron chi connectivity index (χ4n) is 2.63. The van der Waals surface area contributed by atoms with Crippen LogP contribution in [0.2, 0.25) is 0 Å². The lowest BCUT2D eigenvalue weighted by molar-refractivity contribution is 0.682. The van der Waals surface area contributed by atoms with Gasteiger partial charge >= 0.3 is 0 Å². The van der Waals surface area contributed by atoms with E-state index >= 15 is 0 Å². The van der Waals surface area contributed by atoms with Crippen LogP contribution in [0.3, 0.4) is 0 Å². The van der Waals surface area contributed by atoms with Crippen LogP contribution in [-0.2, 0) is 0 Å². The molecule has 0 aliphatic carbocycles. The first-order valence-electron chi connectivity index (χ1n) is 9.86. The zero-order valence-electron chi connectivity index (χ0n) is 18.0.